The van der Waals surface area contributed by atoms with Crippen LogP contribution in [-0.2, 0) is 16.7 Å². The zero-order valence-corrected chi connectivity index (χ0v) is 14.4. The summed E-state index contributed by atoms with van der Waals surface area (Å²) >= 11 is 0. The van der Waals surface area contributed by atoms with E-state index in [2.05, 4.69) is 0 Å². The van der Waals surface area contributed by atoms with Crippen LogP contribution in [0.4, 0.5) is 5.69 Å². The molecule has 0 N–H and O–H groups in total. The standard InChI is InChI=1S/C13H11NO6S.Na/c15-14(16)11-3-1-10(2-4-11)9-20-12-5-7-13(8-6-12)21(17,18)19;/h1-8H,9H2,(H,17,18,19);/q;+1/p-1. The van der Waals surface area contributed by atoms with Crippen molar-refractivity contribution in [1.29, 1.82) is 0 Å². The van der Waals surface area contributed by atoms with Crippen LogP contribution in [0.25, 0.3) is 0 Å². The molecule has 7 nitrogen and oxygen atoms in total. The van der Waals surface area contributed by atoms with Gasteiger partial charge in [0.1, 0.15) is 22.5 Å². The molecule has 9 heteroatoms. The van der Waals surface area contributed by atoms with Crippen molar-refractivity contribution in [1.82, 2.24) is 0 Å². The SMILES string of the molecule is O=[N+]([O-])c1ccc(COc2ccc(S(=O)(=O)[O-])cc2)cc1.[Na+]. The monoisotopic (exact) mass is 331 g/mol. The van der Waals surface area contributed by atoms with E-state index in [1.807, 2.05) is 0 Å². The van der Waals surface area contributed by atoms with Crippen LogP contribution in [0.5, 0.6) is 5.75 Å². The Labute approximate surface area is 149 Å². The van der Waals surface area contributed by atoms with Gasteiger partial charge in [0.15, 0.2) is 0 Å². The molecule has 0 bridgehead atoms. The molecule has 0 aliphatic rings. The van der Waals surface area contributed by atoms with Gasteiger partial charge in [0.25, 0.3) is 5.69 Å². The number of nitrogens with zero attached hydrogens (tertiary/aromatic N) is 1. The Kier molecular flexibility index (Phi) is 6.51. The first kappa shape index (κ1) is 18.6. The average molecular weight is 331 g/mol. The molecule has 0 aliphatic carbocycles. The van der Waals surface area contributed by atoms with E-state index in [0.29, 0.717) is 5.75 Å². The molecule has 0 radical (unpaired) electrons. The predicted octanol–water partition coefficient (Wildman–Crippen LogP) is -0.918. The minimum Gasteiger partial charge on any atom is -0.744 e. The minimum atomic E-state index is -4.47. The van der Waals surface area contributed by atoms with Crippen molar-refractivity contribution in [3.05, 3.63) is 64.2 Å². The van der Waals surface area contributed by atoms with Gasteiger partial charge in [0.05, 0.1) is 9.82 Å². The van der Waals surface area contributed by atoms with Gasteiger partial charge in [-0.2, -0.15) is 0 Å². The molecular formula is C13H10NNaO6S. The van der Waals surface area contributed by atoms with Crippen molar-refractivity contribution < 1.29 is 52.2 Å². The molecule has 0 heterocycles. The summed E-state index contributed by atoms with van der Waals surface area (Å²) in [4.78, 5) is 9.68. The molecule has 0 spiro atoms. The number of hydrogen-bond acceptors (Lipinski definition) is 6. The topological polar surface area (TPSA) is 110 Å². The number of benzene rings is 2. The Bertz CT molecular complexity index is 743. The maximum absolute atomic E-state index is 10.8. The summed E-state index contributed by atoms with van der Waals surface area (Å²) in [6, 6.07) is 10.9. The average Bonchev–Trinajstić information content (AvgIpc) is 2.45. The molecule has 22 heavy (non-hydrogen) atoms. The molecule has 0 saturated heterocycles. The third-order valence-electron chi connectivity index (χ3n) is 2.67. The summed E-state index contributed by atoms with van der Waals surface area (Å²) in [6.45, 7) is 0.168. The Morgan fingerprint density at radius 2 is 1.55 bits per heavy atom. The quantitative estimate of drug-likeness (QED) is 0.303. The first-order chi connectivity index (χ1) is 9.86. The first-order valence-corrected chi connectivity index (χ1v) is 7.19. The van der Waals surface area contributed by atoms with Gasteiger partial charge in [-0.3, -0.25) is 10.1 Å². The summed E-state index contributed by atoms with van der Waals surface area (Å²) < 4.78 is 37.7. The van der Waals surface area contributed by atoms with Gasteiger partial charge >= 0.3 is 29.6 Å². The summed E-state index contributed by atoms with van der Waals surface area (Å²) in [6.07, 6.45) is 0. The van der Waals surface area contributed by atoms with Gasteiger partial charge in [-0.25, -0.2) is 8.42 Å². The van der Waals surface area contributed by atoms with Crippen molar-refractivity contribution in [3.63, 3.8) is 0 Å². The van der Waals surface area contributed by atoms with Crippen LogP contribution in [0.15, 0.2) is 53.4 Å². The summed E-state index contributed by atoms with van der Waals surface area (Å²) in [7, 11) is -4.47. The Morgan fingerprint density at radius 1 is 1.00 bits per heavy atom. The van der Waals surface area contributed by atoms with Crippen LogP contribution in [0.3, 0.4) is 0 Å². The Balaban J connectivity index is 0.00000242. The van der Waals surface area contributed by atoms with Crippen molar-refractivity contribution in [2.75, 3.05) is 0 Å². The van der Waals surface area contributed by atoms with Crippen LogP contribution in [-0.4, -0.2) is 17.9 Å². The second-order valence-electron chi connectivity index (χ2n) is 4.14. The van der Waals surface area contributed by atoms with Crippen molar-refractivity contribution in [2.24, 2.45) is 0 Å². The second kappa shape index (κ2) is 7.70. The third-order valence-corrected chi connectivity index (χ3v) is 3.51. The zero-order chi connectivity index (χ0) is 15.5. The molecule has 0 atom stereocenters. The number of nitro benzene ring substituents is 1. The van der Waals surface area contributed by atoms with E-state index in [1.165, 1.54) is 24.3 Å². The maximum atomic E-state index is 10.8. The molecule has 2 rings (SSSR count). The van der Waals surface area contributed by atoms with E-state index >= 15 is 0 Å². The molecule has 0 amide bonds. The zero-order valence-electron chi connectivity index (χ0n) is 11.6. The van der Waals surface area contributed by atoms with Crippen LogP contribution in [0, 0.1) is 10.1 Å². The van der Waals surface area contributed by atoms with E-state index in [4.69, 9.17) is 4.74 Å². The molecular weight excluding hydrogens is 321 g/mol. The van der Waals surface area contributed by atoms with E-state index in [-0.39, 0.29) is 46.7 Å². The number of ether oxygens (including phenoxy) is 1. The third kappa shape index (κ3) is 5.08. The fourth-order valence-electron chi connectivity index (χ4n) is 1.58. The smallest absolute Gasteiger partial charge is 0.744 e. The molecule has 0 aliphatic heterocycles. The van der Waals surface area contributed by atoms with Crippen LogP contribution in [0.1, 0.15) is 5.56 Å². The molecule has 2 aromatic carbocycles. The van der Waals surface area contributed by atoms with Gasteiger partial charge in [0.2, 0.25) is 0 Å². The van der Waals surface area contributed by atoms with Gasteiger partial charge in [-0.15, -0.1) is 0 Å². The molecule has 110 valence electrons. The number of rotatable bonds is 5. The second-order valence-corrected chi connectivity index (χ2v) is 5.52. The van der Waals surface area contributed by atoms with Gasteiger partial charge in [-0.05, 0) is 42.0 Å². The Hall–Kier alpha value is -1.45. The molecule has 0 fully saturated rings. The molecule has 2 aromatic rings. The first-order valence-electron chi connectivity index (χ1n) is 5.78. The normalized spacial score (nSPS) is 10.6. The fourth-order valence-corrected chi connectivity index (χ4v) is 2.05. The number of non-ortho nitro benzene ring substituents is 1. The summed E-state index contributed by atoms with van der Waals surface area (Å²) in [5.74, 6) is 0.390. The predicted molar refractivity (Wildman–Crippen MR) is 71.8 cm³/mol. The van der Waals surface area contributed by atoms with E-state index in [1.54, 1.807) is 12.1 Å². The largest absolute Gasteiger partial charge is 1.00 e. The van der Waals surface area contributed by atoms with E-state index < -0.39 is 15.0 Å². The van der Waals surface area contributed by atoms with Crippen LogP contribution < -0.4 is 34.3 Å². The van der Waals surface area contributed by atoms with Crippen molar-refractivity contribution in [3.8, 4) is 5.75 Å². The Morgan fingerprint density at radius 3 is 2.00 bits per heavy atom. The number of hydrogen-bond donors (Lipinski definition) is 0. The van der Waals surface area contributed by atoms with Crippen LogP contribution >= 0.6 is 0 Å². The number of nitro groups is 1. The molecule has 0 saturated carbocycles. The minimum absolute atomic E-state index is 0. The van der Waals surface area contributed by atoms with Gasteiger partial charge in [0, 0.05) is 12.1 Å². The van der Waals surface area contributed by atoms with Crippen LogP contribution in [0.2, 0.25) is 0 Å². The van der Waals surface area contributed by atoms with E-state index in [0.717, 1.165) is 17.7 Å². The summed E-state index contributed by atoms with van der Waals surface area (Å²) in [5.41, 5.74) is 0.713. The van der Waals surface area contributed by atoms with Gasteiger partial charge in [-0.1, -0.05) is 0 Å². The van der Waals surface area contributed by atoms with Crippen molar-refractivity contribution >= 4 is 15.8 Å². The maximum Gasteiger partial charge on any atom is 1.00 e. The summed E-state index contributed by atoms with van der Waals surface area (Å²) in [5, 5.41) is 10.5. The van der Waals surface area contributed by atoms with Gasteiger partial charge < -0.3 is 9.29 Å². The molecule has 0 aromatic heterocycles. The van der Waals surface area contributed by atoms with E-state index in [9.17, 15) is 23.1 Å². The van der Waals surface area contributed by atoms with Crippen molar-refractivity contribution in [2.45, 2.75) is 11.5 Å². The fraction of sp³-hybridized carbons (Fsp3) is 0.0769. The molecule has 0 unspecified atom stereocenters.